The lowest BCUT2D eigenvalue weighted by molar-refractivity contribution is 0.211. The number of aliphatic hydroxyl groups excluding tert-OH is 1. The number of benzene rings is 2. The molecule has 1 N–H and O–H groups in total. The first-order chi connectivity index (χ1) is 12.3. The standard InChI is InChI=1S/C19H17BrClFN2O2/c1-10-9-12(26-3)7-8-13(10)18(25)16-11(2)23-19(21)24(16)17-14(20)5-4-6-15(17)22/h4-9,18,25H,1-3H3. The van der Waals surface area contributed by atoms with Crippen LogP contribution in [-0.4, -0.2) is 21.8 Å². The molecule has 0 spiro atoms. The monoisotopic (exact) mass is 438 g/mol. The Morgan fingerprint density at radius 1 is 1.27 bits per heavy atom. The van der Waals surface area contributed by atoms with Crippen LogP contribution in [0.15, 0.2) is 40.9 Å². The van der Waals surface area contributed by atoms with Crippen LogP contribution in [0.4, 0.5) is 4.39 Å². The van der Waals surface area contributed by atoms with Gasteiger partial charge >= 0.3 is 0 Å². The number of para-hydroxylation sites is 1. The molecular weight excluding hydrogens is 423 g/mol. The molecular formula is C19H17BrClFN2O2. The molecule has 1 aromatic heterocycles. The van der Waals surface area contributed by atoms with Gasteiger partial charge in [-0.2, -0.15) is 0 Å². The maximum atomic E-state index is 14.5. The van der Waals surface area contributed by atoms with E-state index < -0.39 is 11.9 Å². The Labute approximate surface area is 164 Å². The molecule has 1 atom stereocenters. The normalized spacial score (nSPS) is 12.3. The molecule has 0 aliphatic carbocycles. The fraction of sp³-hybridized carbons (Fsp3) is 0.211. The molecule has 136 valence electrons. The van der Waals surface area contributed by atoms with Crippen LogP contribution in [0.2, 0.25) is 5.28 Å². The van der Waals surface area contributed by atoms with E-state index in [1.54, 1.807) is 38.3 Å². The van der Waals surface area contributed by atoms with Gasteiger partial charge in [-0.1, -0.05) is 12.1 Å². The van der Waals surface area contributed by atoms with Crippen molar-refractivity contribution >= 4 is 27.5 Å². The fourth-order valence-corrected chi connectivity index (χ4v) is 3.79. The third kappa shape index (κ3) is 3.24. The number of hydrogen-bond acceptors (Lipinski definition) is 3. The summed E-state index contributed by atoms with van der Waals surface area (Å²) >= 11 is 9.64. The van der Waals surface area contributed by atoms with Crippen LogP contribution in [0.1, 0.15) is 28.6 Å². The molecule has 0 aliphatic heterocycles. The van der Waals surface area contributed by atoms with Gasteiger partial charge in [0.1, 0.15) is 17.7 Å². The zero-order valence-corrected chi connectivity index (χ0v) is 16.8. The lowest BCUT2D eigenvalue weighted by Gasteiger charge is -2.19. The number of aryl methyl sites for hydroxylation is 2. The van der Waals surface area contributed by atoms with Gasteiger partial charge in [-0.25, -0.2) is 9.37 Å². The second-order valence-electron chi connectivity index (χ2n) is 5.88. The molecule has 1 heterocycles. The maximum Gasteiger partial charge on any atom is 0.208 e. The Morgan fingerprint density at radius 2 is 2.00 bits per heavy atom. The minimum atomic E-state index is -1.03. The van der Waals surface area contributed by atoms with Gasteiger partial charge in [-0.05, 0) is 76.8 Å². The number of aromatic nitrogens is 2. The molecule has 0 fully saturated rings. The van der Waals surface area contributed by atoms with Crippen molar-refractivity contribution in [1.82, 2.24) is 9.55 Å². The average molecular weight is 440 g/mol. The molecule has 0 bridgehead atoms. The number of imidazole rings is 1. The van der Waals surface area contributed by atoms with E-state index in [0.717, 1.165) is 5.56 Å². The lowest BCUT2D eigenvalue weighted by atomic mass is 9.99. The predicted molar refractivity (Wildman–Crippen MR) is 103 cm³/mol. The Kier molecular flexibility index (Phi) is 5.37. The average Bonchev–Trinajstić information content (AvgIpc) is 2.88. The minimum Gasteiger partial charge on any atom is -0.497 e. The zero-order valence-electron chi connectivity index (χ0n) is 14.4. The van der Waals surface area contributed by atoms with Crippen molar-refractivity contribution in [2.75, 3.05) is 7.11 Å². The Bertz CT molecular complexity index is 954. The van der Waals surface area contributed by atoms with Crippen molar-refractivity contribution in [3.05, 3.63) is 74.5 Å². The molecule has 7 heteroatoms. The summed E-state index contributed by atoms with van der Waals surface area (Å²) in [5.41, 5.74) is 2.65. The first kappa shape index (κ1) is 18.9. The Hall–Kier alpha value is -1.89. The number of hydrogen-bond donors (Lipinski definition) is 1. The first-order valence-corrected chi connectivity index (χ1v) is 9.04. The number of aliphatic hydroxyl groups is 1. The van der Waals surface area contributed by atoms with E-state index in [1.165, 1.54) is 10.6 Å². The van der Waals surface area contributed by atoms with Crippen LogP contribution >= 0.6 is 27.5 Å². The quantitative estimate of drug-likeness (QED) is 0.613. The zero-order chi connectivity index (χ0) is 19.0. The van der Waals surface area contributed by atoms with Crippen molar-refractivity contribution in [3.8, 4) is 11.4 Å². The third-order valence-electron chi connectivity index (χ3n) is 4.25. The van der Waals surface area contributed by atoms with E-state index in [1.807, 2.05) is 13.0 Å². The summed E-state index contributed by atoms with van der Waals surface area (Å²) in [4.78, 5) is 4.24. The summed E-state index contributed by atoms with van der Waals surface area (Å²) < 4.78 is 21.7. The van der Waals surface area contributed by atoms with Crippen molar-refractivity contribution in [1.29, 1.82) is 0 Å². The van der Waals surface area contributed by atoms with Gasteiger partial charge in [0.15, 0.2) is 0 Å². The molecule has 0 saturated carbocycles. The number of nitrogens with zero attached hydrogens (tertiary/aromatic N) is 2. The fourth-order valence-electron chi connectivity index (χ4n) is 2.97. The van der Waals surface area contributed by atoms with Crippen LogP contribution in [0.5, 0.6) is 5.75 Å². The molecule has 3 rings (SSSR count). The highest BCUT2D eigenvalue weighted by Crippen LogP contribution is 2.36. The van der Waals surface area contributed by atoms with Crippen LogP contribution in [0.3, 0.4) is 0 Å². The van der Waals surface area contributed by atoms with Gasteiger partial charge in [-0.3, -0.25) is 4.57 Å². The van der Waals surface area contributed by atoms with E-state index in [4.69, 9.17) is 16.3 Å². The van der Waals surface area contributed by atoms with Crippen molar-refractivity contribution in [2.45, 2.75) is 20.0 Å². The third-order valence-corrected chi connectivity index (χ3v) is 5.14. The number of rotatable bonds is 4. The van der Waals surface area contributed by atoms with E-state index >= 15 is 0 Å². The predicted octanol–water partition coefficient (Wildman–Crippen LogP) is 5.13. The molecule has 0 saturated heterocycles. The van der Waals surface area contributed by atoms with Gasteiger partial charge in [-0.15, -0.1) is 0 Å². The highest BCUT2D eigenvalue weighted by Gasteiger charge is 2.26. The molecule has 0 amide bonds. The Balaban J connectivity index is 2.21. The van der Waals surface area contributed by atoms with Gasteiger partial charge in [0.2, 0.25) is 5.28 Å². The van der Waals surface area contributed by atoms with Crippen molar-refractivity contribution in [3.63, 3.8) is 0 Å². The number of methoxy groups -OCH3 is 1. The van der Waals surface area contributed by atoms with E-state index in [9.17, 15) is 9.50 Å². The molecule has 2 aromatic carbocycles. The number of ether oxygens (including phenoxy) is 1. The van der Waals surface area contributed by atoms with E-state index in [-0.39, 0.29) is 11.0 Å². The summed E-state index contributed by atoms with van der Waals surface area (Å²) in [6.45, 7) is 3.60. The van der Waals surface area contributed by atoms with Crippen LogP contribution < -0.4 is 4.74 Å². The molecule has 1 unspecified atom stereocenters. The second kappa shape index (κ2) is 7.39. The second-order valence-corrected chi connectivity index (χ2v) is 7.07. The first-order valence-electron chi connectivity index (χ1n) is 7.86. The summed E-state index contributed by atoms with van der Waals surface area (Å²) in [6.07, 6.45) is -1.03. The SMILES string of the molecule is COc1ccc(C(O)c2c(C)nc(Cl)n2-c2c(F)cccc2Br)c(C)c1. The van der Waals surface area contributed by atoms with Crippen LogP contribution in [-0.2, 0) is 0 Å². The summed E-state index contributed by atoms with van der Waals surface area (Å²) in [7, 11) is 1.58. The maximum absolute atomic E-state index is 14.5. The topological polar surface area (TPSA) is 47.3 Å². The lowest BCUT2D eigenvalue weighted by Crippen LogP contribution is -2.12. The van der Waals surface area contributed by atoms with Gasteiger partial charge < -0.3 is 9.84 Å². The largest absolute Gasteiger partial charge is 0.497 e. The smallest absolute Gasteiger partial charge is 0.208 e. The number of halogens is 3. The van der Waals surface area contributed by atoms with Gasteiger partial charge in [0.05, 0.1) is 24.2 Å². The Morgan fingerprint density at radius 3 is 2.62 bits per heavy atom. The molecule has 3 aromatic rings. The van der Waals surface area contributed by atoms with Gasteiger partial charge in [0.25, 0.3) is 0 Å². The molecule has 26 heavy (non-hydrogen) atoms. The summed E-state index contributed by atoms with van der Waals surface area (Å²) in [5, 5.41) is 11.1. The van der Waals surface area contributed by atoms with Crippen molar-refractivity contribution < 1.29 is 14.2 Å². The highest BCUT2D eigenvalue weighted by atomic mass is 79.9. The van der Waals surface area contributed by atoms with Gasteiger partial charge in [0, 0.05) is 4.47 Å². The summed E-state index contributed by atoms with van der Waals surface area (Å²) in [5.74, 6) is 0.220. The van der Waals surface area contributed by atoms with Crippen LogP contribution in [0.25, 0.3) is 5.69 Å². The summed E-state index contributed by atoms with van der Waals surface area (Å²) in [6, 6.07) is 10.0. The van der Waals surface area contributed by atoms with E-state index in [2.05, 4.69) is 20.9 Å². The van der Waals surface area contributed by atoms with Crippen molar-refractivity contribution in [2.24, 2.45) is 0 Å². The molecule has 4 nitrogen and oxygen atoms in total. The highest BCUT2D eigenvalue weighted by molar-refractivity contribution is 9.10. The van der Waals surface area contributed by atoms with E-state index in [0.29, 0.717) is 27.2 Å². The van der Waals surface area contributed by atoms with Crippen LogP contribution in [0, 0.1) is 19.7 Å². The molecule has 0 aliphatic rings. The minimum absolute atomic E-state index is 0.0773. The molecule has 0 radical (unpaired) electrons.